The molecular weight excluding hydrogens is 449 g/mol. The molecule has 1 aliphatic rings. The molecule has 168 valence electrons. The molecule has 1 unspecified atom stereocenters. The number of pyridine rings is 1. The van der Waals surface area contributed by atoms with E-state index in [1.54, 1.807) is 60.9 Å². The third-order valence-corrected chi connectivity index (χ3v) is 6.12. The van der Waals surface area contributed by atoms with Gasteiger partial charge in [0, 0.05) is 23.5 Å². The zero-order valence-corrected chi connectivity index (χ0v) is 17.9. The first kappa shape index (κ1) is 19.5. The summed E-state index contributed by atoms with van der Waals surface area (Å²) in [4.78, 5) is 26.5. The zero-order chi connectivity index (χ0) is 23.5. The fraction of sp³-hybridized carbons (Fsp3) is 0.0385. The number of ether oxygens (including phenoxy) is 1. The van der Waals surface area contributed by atoms with Crippen molar-refractivity contribution in [3.8, 4) is 23.0 Å². The molecule has 0 amide bonds. The molecule has 0 fully saturated rings. The number of rotatable bonds is 2. The quantitative estimate of drug-likeness (QED) is 0.343. The highest BCUT2D eigenvalue weighted by Gasteiger charge is 2.38. The number of halogens is 1. The number of fused-ring (bicyclic) bond motifs is 6. The minimum atomic E-state index is -0.874. The predicted octanol–water partition coefficient (Wildman–Crippen LogP) is 4.72. The molecule has 1 aliphatic heterocycles. The van der Waals surface area contributed by atoms with Gasteiger partial charge in [0.2, 0.25) is 5.88 Å². The van der Waals surface area contributed by atoms with E-state index in [-0.39, 0.29) is 17.0 Å². The molecule has 7 rings (SSSR count). The van der Waals surface area contributed by atoms with Gasteiger partial charge < -0.3 is 9.15 Å². The van der Waals surface area contributed by atoms with Crippen LogP contribution in [0.3, 0.4) is 0 Å². The van der Waals surface area contributed by atoms with Crippen molar-refractivity contribution in [2.75, 3.05) is 0 Å². The number of hydrogen-bond acceptors (Lipinski definition) is 7. The minimum Gasteiger partial charge on any atom is -0.437 e. The minimum absolute atomic E-state index is 0.185. The lowest BCUT2D eigenvalue weighted by Gasteiger charge is -2.27. The molecule has 5 heterocycles. The lowest BCUT2D eigenvalue weighted by atomic mass is 9.84. The van der Waals surface area contributed by atoms with Gasteiger partial charge in [-0.1, -0.05) is 30.3 Å². The number of para-hydroxylation sites is 1. The molecule has 0 saturated heterocycles. The van der Waals surface area contributed by atoms with Crippen LogP contribution in [-0.2, 0) is 0 Å². The van der Waals surface area contributed by atoms with Crippen molar-refractivity contribution < 1.29 is 13.5 Å². The molecule has 0 aliphatic carbocycles. The van der Waals surface area contributed by atoms with Crippen molar-refractivity contribution in [2.45, 2.75) is 5.92 Å². The first-order valence-electron chi connectivity index (χ1n) is 10.8. The maximum absolute atomic E-state index is 15.2. The molecule has 0 bridgehead atoms. The van der Waals surface area contributed by atoms with Gasteiger partial charge in [0.1, 0.15) is 17.7 Å². The van der Waals surface area contributed by atoms with Crippen LogP contribution in [0.4, 0.5) is 4.39 Å². The van der Waals surface area contributed by atoms with Crippen LogP contribution in [0.25, 0.3) is 28.0 Å². The fourth-order valence-electron chi connectivity index (χ4n) is 4.57. The van der Waals surface area contributed by atoms with Crippen LogP contribution in [0.2, 0.25) is 0 Å². The predicted molar refractivity (Wildman–Crippen MR) is 124 cm³/mol. The van der Waals surface area contributed by atoms with E-state index in [1.165, 1.54) is 16.9 Å². The molecule has 0 saturated carbocycles. The van der Waals surface area contributed by atoms with Crippen molar-refractivity contribution in [3.05, 3.63) is 112 Å². The summed E-state index contributed by atoms with van der Waals surface area (Å²) in [6.07, 6.45) is 4.78. The average Bonchev–Trinajstić information content (AvgIpc) is 3.33. The number of benzene rings is 2. The van der Waals surface area contributed by atoms with E-state index < -0.39 is 17.4 Å². The van der Waals surface area contributed by atoms with Crippen LogP contribution >= 0.6 is 0 Å². The summed E-state index contributed by atoms with van der Waals surface area (Å²) in [6, 6.07) is 16.9. The molecule has 4 aromatic heterocycles. The molecule has 0 N–H and O–H groups in total. The summed E-state index contributed by atoms with van der Waals surface area (Å²) >= 11 is 0. The molecule has 9 heteroatoms. The van der Waals surface area contributed by atoms with E-state index in [9.17, 15) is 4.79 Å². The zero-order valence-electron chi connectivity index (χ0n) is 17.9. The van der Waals surface area contributed by atoms with Crippen LogP contribution in [0.1, 0.15) is 22.6 Å². The van der Waals surface area contributed by atoms with Crippen molar-refractivity contribution in [1.29, 1.82) is 0 Å². The molecule has 2 aromatic carbocycles. The topological polar surface area (TPSA) is 95.4 Å². The fourth-order valence-corrected chi connectivity index (χ4v) is 4.57. The summed E-state index contributed by atoms with van der Waals surface area (Å²) in [5.74, 6) is -0.390. The Hall–Kier alpha value is -4.92. The highest BCUT2D eigenvalue weighted by molar-refractivity contribution is 5.87. The Morgan fingerprint density at radius 2 is 1.74 bits per heavy atom. The number of hydrogen-bond donors (Lipinski definition) is 0. The molecular formula is C26H14FN5O3. The molecule has 6 aromatic rings. The van der Waals surface area contributed by atoms with Crippen molar-refractivity contribution in [3.63, 3.8) is 0 Å². The van der Waals surface area contributed by atoms with Gasteiger partial charge in [0.05, 0.1) is 22.4 Å². The van der Waals surface area contributed by atoms with Gasteiger partial charge >= 0.3 is 5.63 Å². The van der Waals surface area contributed by atoms with Gasteiger partial charge in [-0.05, 0) is 30.3 Å². The van der Waals surface area contributed by atoms with Gasteiger partial charge in [0.15, 0.2) is 17.2 Å². The summed E-state index contributed by atoms with van der Waals surface area (Å²) in [5.41, 5.74) is 1.80. The number of nitrogens with zero attached hydrogens (tertiary/aromatic N) is 5. The summed E-state index contributed by atoms with van der Waals surface area (Å²) in [5, 5.41) is 5.13. The number of aromatic nitrogens is 5. The molecule has 8 nitrogen and oxygen atoms in total. The highest BCUT2D eigenvalue weighted by Crippen LogP contribution is 2.49. The second kappa shape index (κ2) is 7.29. The van der Waals surface area contributed by atoms with E-state index in [0.29, 0.717) is 33.8 Å². The first-order valence-corrected chi connectivity index (χ1v) is 10.8. The lowest BCUT2D eigenvalue weighted by Crippen LogP contribution is -2.23. The Morgan fingerprint density at radius 1 is 0.943 bits per heavy atom. The Bertz CT molecular complexity index is 1830. The van der Waals surface area contributed by atoms with Crippen molar-refractivity contribution in [2.24, 2.45) is 0 Å². The molecule has 0 radical (unpaired) electrons. The maximum atomic E-state index is 15.2. The Labute approximate surface area is 196 Å². The Morgan fingerprint density at radius 3 is 2.60 bits per heavy atom. The third-order valence-electron chi connectivity index (χ3n) is 6.12. The van der Waals surface area contributed by atoms with Crippen molar-refractivity contribution >= 4 is 16.6 Å². The van der Waals surface area contributed by atoms with E-state index in [2.05, 4.69) is 15.1 Å². The van der Waals surface area contributed by atoms with Gasteiger partial charge in [-0.3, -0.25) is 4.98 Å². The molecule has 35 heavy (non-hydrogen) atoms. The van der Waals surface area contributed by atoms with Crippen LogP contribution < -0.4 is 10.4 Å². The van der Waals surface area contributed by atoms with E-state index in [0.717, 1.165) is 5.56 Å². The van der Waals surface area contributed by atoms with Crippen LogP contribution in [0.15, 0.2) is 88.6 Å². The second-order valence-electron chi connectivity index (χ2n) is 8.09. The van der Waals surface area contributed by atoms with Gasteiger partial charge in [-0.2, -0.15) is 0 Å². The third kappa shape index (κ3) is 2.88. The Balaban J connectivity index is 1.58. The van der Waals surface area contributed by atoms with E-state index in [1.807, 2.05) is 6.07 Å². The second-order valence-corrected chi connectivity index (χ2v) is 8.09. The van der Waals surface area contributed by atoms with E-state index >= 15 is 4.39 Å². The SMILES string of the molecule is O=c1oc2ccccc2c2c1C(c1ccccc1F)c1c(ncn3nc(-c4ccncc4)nc13)O2. The standard InChI is InChI=1S/C26H14FN5O3/c27-17-7-3-1-5-15(17)19-20-22(16-6-2-4-8-18(16)34-26(20)33)35-25-21(19)24-30-23(31-32(24)13-29-25)14-9-11-28-12-10-14/h1-13,19H. The van der Waals surface area contributed by atoms with Crippen LogP contribution in [-0.4, -0.2) is 24.6 Å². The smallest absolute Gasteiger partial charge is 0.344 e. The maximum Gasteiger partial charge on any atom is 0.344 e. The largest absolute Gasteiger partial charge is 0.437 e. The molecule has 1 atom stereocenters. The lowest BCUT2D eigenvalue weighted by molar-refractivity contribution is 0.420. The Kier molecular flexibility index (Phi) is 4.07. The van der Waals surface area contributed by atoms with Crippen LogP contribution in [0.5, 0.6) is 11.6 Å². The van der Waals surface area contributed by atoms with Gasteiger partial charge in [0.25, 0.3) is 0 Å². The highest BCUT2D eigenvalue weighted by atomic mass is 19.1. The van der Waals surface area contributed by atoms with Gasteiger partial charge in [-0.15, -0.1) is 5.10 Å². The first-order chi connectivity index (χ1) is 17.2. The summed E-state index contributed by atoms with van der Waals surface area (Å²) in [6.45, 7) is 0. The van der Waals surface area contributed by atoms with E-state index in [4.69, 9.17) is 14.1 Å². The normalized spacial score (nSPS) is 14.5. The van der Waals surface area contributed by atoms with Crippen LogP contribution in [0, 0.1) is 5.82 Å². The monoisotopic (exact) mass is 463 g/mol. The van der Waals surface area contributed by atoms with Crippen molar-refractivity contribution in [1.82, 2.24) is 24.6 Å². The average molecular weight is 463 g/mol. The summed E-state index contributed by atoms with van der Waals surface area (Å²) < 4.78 is 28.6. The summed E-state index contributed by atoms with van der Waals surface area (Å²) in [7, 11) is 0. The van der Waals surface area contributed by atoms with Gasteiger partial charge in [-0.25, -0.2) is 23.7 Å². The molecule has 0 spiro atoms.